The quantitative estimate of drug-likeness (QED) is 0.203. The molecule has 0 saturated carbocycles. The molecule has 0 radical (unpaired) electrons. The van der Waals surface area contributed by atoms with Gasteiger partial charge in [-0.2, -0.15) is 0 Å². The molecule has 0 atom stereocenters. The first-order valence-electron chi connectivity index (χ1n) is 9.87. The van der Waals surface area contributed by atoms with Crippen LogP contribution in [0.4, 0.5) is 0 Å². The minimum Gasteiger partial charge on any atom is -0.490 e. The van der Waals surface area contributed by atoms with Crippen molar-refractivity contribution in [3.63, 3.8) is 0 Å². The number of furan rings is 1. The van der Waals surface area contributed by atoms with Crippen LogP contribution in [0.3, 0.4) is 0 Å². The van der Waals surface area contributed by atoms with Gasteiger partial charge in [-0.05, 0) is 48.4 Å². The first-order valence-corrected chi connectivity index (χ1v) is 11.1. The van der Waals surface area contributed by atoms with Crippen molar-refractivity contribution in [3.8, 4) is 11.5 Å². The molecule has 0 spiro atoms. The number of hydrogen-bond acceptors (Lipinski definition) is 7. The summed E-state index contributed by atoms with van der Waals surface area (Å²) in [5.74, 6) is -0.0119. The number of thiocarbonyl (C=S) groups is 1. The molecule has 162 valence electrons. The molecule has 1 aliphatic heterocycles. The summed E-state index contributed by atoms with van der Waals surface area (Å²) in [6.07, 6.45) is 3.15. The van der Waals surface area contributed by atoms with E-state index in [4.69, 9.17) is 26.1 Å². The second-order valence-electron chi connectivity index (χ2n) is 6.76. The Morgan fingerprint density at radius 3 is 2.66 bits per heavy atom. The third-order valence-electron chi connectivity index (χ3n) is 4.55. The lowest BCUT2D eigenvalue weighted by atomic mass is 10.1. The number of rotatable bonds is 7. The Morgan fingerprint density at radius 1 is 1.12 bits per heavy atom. The Labute approximate surface area is 194 Å². The molecule has 8 heteroatoms. The zero-order valence-electron chi connectivity index (χ0n) is 17.1. The standard InChI is InChI=1S/C24H19NO5S2/c1-2-28-20-13-17(10-11-18(20)30-23(27)19-9-6-12-29-19)14-21-22(26)25(24(31)32-21)15-16-7-4-3-5-8-16/h3-14H,2,15H2,1H3/b21-14+. The lowest BCUT2D eigenvalue weighted by Gasteiger charge is -2.14. The van der Waals surface area contributed by atoms with Gasteiger partial charge in [0, 0.05) is 0 Å². The highest BCUT2D eigenvalue weighted by Crippen LogP contribution is 2.35. The monoisotopic (exact) mass is 465 g/mol. The summed E-state index contributed by atoms with van der Waals surface area (Å²) >= 11 is 6.68. The number of carbonyl (C=O) groups is 2. The Balaban J connectivity index is 1.54. The maximum atomic E-state index is 12.9. The Bertz CT molecular complexity index is 1170. The van der Waals surface area contributed by atoms with Gasteiger partial charge in [0.2, 0.25) is 5.76 Å². The lowest BCUT2D eigenvalue weighted by molar-refractivity contribution is -0.122. The minimum absolute atomic E-state index is 0.0959. The number of esters is 1. The highest BCUT2D eigenvalue weighted by Gasteiger charge is 2.32. The molecule has 0 N–H and O–H groups in total. The van der Waals surface area contributed by atoms with E-state index in [0.717, 1.165) is 11.1 Å². The predicted molar refractivity (Wildman–Crippen MR) is 126 cm³/mol. The zero-order chi connectivity index (χ0) is 22.5. The molecule has 1 saturated heterocycles. The maximum absolute atomic E-state index is 12.9. The van der Waals surface area contributed by atoms with E-state index < -0.39 is 5.97 Å². The van der Waals surface area contributed by atoms with Crippen LogP contribution in [-0.2, 0) is 11.3 Å². The first kappa shape index (κ1) is 21.9. The summed E-state index contributed by atoms with van der Waals surface area (Å²) < 4.78 is 16.6. The summed E-state index contributed by atoms with van der Waals surface area (Å²) in [4.78, 5) is 27.2. The van der Waals surface area contributed by atoms with Gasteiger partial charge < -0.3 is 13.9 Å². The molecule has 0 aliphatic carbocycles. The number of hydrogen-bond donors (Lipinski definition) is 0. The van der Waals surface area contributed by atoms with Crippen LogP contribution in [0.25, 0.3) is 6.08 Å². The molecule has 1 aromatic heterocycles. The highest BCUT2D eigenvalue weighted by molar-refractivity contribution is 8.26. The molecule has 1 aliphatic rings. The fourth-order valence-electron chi connectivity index (χ4n) is 3.07. The first-order chi connectivity index (χ1) is 15.5. The van der Waals surface area contributed by atoms with E-state index in [0.29, 0.717) is 28.1 Å². The minimum atomic E-state index is -0.620. The van der Waals surface area contributed by atoms with Gasteiger partial charge in [0.05, 0.1) is 24.3 Å². The Hall–Kier alpha value is -3.36. The molecule has 1 amide bonds. The Morgan fingerprint density at radius 2 is 1.94 bits per heavy atom. The second-order valence-corrected chi connectivity index (χ2v) is 8.44. The van der Waals surface area contributed by atoms with E-state index in [2.05, 4.69) is 0 Å². The van der Waals surface area contributed by atoms with Crippen LogP contribution < -0.4 is 9.47 Å². The van der Waals surface area contributed by atoms with Gasteiger partial charge in [-0.15, -0.1) is 0 Å². The zero-order valence-corrected chi connectivity index (χ0v) is 18.8. The molecule has 1 fully saturated rings. The van der Waals surface area contributed by atoms with Crippen molar-refractivity contribution in [2.45, 2.75) is 13.5 Å². The Kier molecular flexibility index (Phi) is 6.72. The number of amides is 1. The second kappa shape index (κ2) is 9.84. The SMILES string of the molecule is CCOc1cc(/C=C2/SC(=S)N(Cc3ccccc3)C2=O)ccc1OC(=O)c1ccco1. The van der Waals surface area contributed by atoms with Crippen LogP contribution in [-0.4, -0.2) is 27.7 Å². The van der Waals surface area contributed by atoms with E-state index in [1.807, 2.05) is 37.3 Å². The molecule has 4 rings (SSSR count). The van der Waals surface area contributed by atoms with E-state index >= 15 is 0 Å². The molecule has 6 nitrogen and oxygen atoms in total. The molecule has 0 bridgehead atoms. The summed E-state index contributed by atoms with van der Waals surface area (Å²) in [5.41, 5.74) is 1.73. The molecule has 32 heavy (non-hydrogen) atoms. The average molecular weight is 466 g/mol. The van der Waals surface area contributed by atoms with Crippen LogP contribution in [0, 0.1) is 0 Å². The third kappa shape index (κ3) is 4.92. The van der Waals surface area contributed by atoms with Crippen molar-refractivity contribution in [1.82, 2.24) is 4.90 Å². The average Bonchev–Trinajstić information content (AvgIpc) is 3.42. The van der Waals surface area contributed by atoms with E-state index in [1.54, 1.807) is 35.2 Å². The van der Waals surface area contributed by atoms with Crippen LogP contribution in [0.2, 0.25) is 0 Å². The number of thioether (sulfide) groups is 1. The largest absolute Gasteiger partial charge is 0.490 e. The number of benzene rings is 2. The van der Waals surface area contributed by atoms with Crippen LogP contribution in [0.15, 0.2) is 76.2 Å². The van der Waals surface area contributed by atoms with Gasteiger partial charge in [0.15, 0.2) is 11.5 Å². The van der Waals surface area contributed by atoms with Crippen molar-refractivity contribution in [3.05, 3.63) is 88.7 Å². The predicted octanol–water partition coefficient (Wildman–Crippen LogP) is 5.30. The molecule has 3 aromatic rings. The summed E-state index contributed by atoms with van der Waals surface area (Å²) in [7, 11) is 0. The van der Waals surface area contributed by atoms with Crippen LogP contribution >= 0.6 is 24.0 Å². The van der Waals surface area contributed by atoms with Crippen molar-refractivity contribution >= 4 is 46.3 Å². The van der Waals surface area contributed by atoms with Crippen LogP contribution in [0.1, 0.15) is 28.6 Å². The summed E-state index contributed by atoms with van der Waals surface area (Å²) in [6, 6.07) is 17.9. The molecular weight excluding hydrogens is 446 g/mol. The van der Waals surface area contributed by atoms with Crippen molar-refractivity contribution < 1.29 is 23.5 Å². The smallest absolute Gasteiger partial charge is 0.379 e. The van der Waals surface area contributed by atoms with Crippen molar-refractivity contribution in [1.29, 1.82) is 0 Å². The van der Waals surface area contributed by atoms with Gasteiger partial charge in [-0.25, -0.2) is 4.79 Å². The van der Waals surface area contributed by atoms with E-state index in [-0.39, 0.29) is 17.4 Å². The molecule has 2 aromatic carbocycles. The van der Waals surface area contributed by atoms with Crippen LogP contribution in [0.5, 0.6) is 11.5 Å². The fraction of sp³-hybridized carbons (Fsp3) is 0.125. The van der Waals surface area contributed by atoms with Gasteiger partial charge in [-0.1, -0.05) is 60.4 Å². The molecular formula is C24H19NO5S2. The fourth-order valence-corrected chi connectivity index (χ4v) is 4.32. The summed E-state index contributed by atoms with van der Waals surface area (Å²) in [6.45, 7) is 2.64. The van der Waals surface area contributed by atoms with Gasteiger partial charge in [0.25, 0.3) is 5.91 Å². The summed E-state index contributed by atoms with van der Waals surface area (Å²) in [5, 5.41) is 0. The maximum Gasteiger partial charge on any atom is 0.379 e. The molecule has 0 unspecified atom stereocenters. The normalized spacial score (nSPS) is 14.8. The van der Waals surface area contributed by atoms with Gasteiger partial charge >= 0.3 is 5.97 Å². The number of nitrogens with zero attached hydrogens (tertiary/aromatic N) is 1. The lowest BCUT2D eigenvalue weighted by Crippen LogP contribution is -2.27. The molecule has 2 heterocycles. The number of ether oxygens (including phenoxy) is 2. The van der Waals surface area contributed by atoms with Crippen molar-refractivity contribution in [2.75, 3.05) is 6.61 Å². The number of carbonyl (C=O) groups excluding carboxylic acids is 2. The van der Waals surface area contributed by atoms with Gasteiger partial charge in [0.1, 0.15) is 4.32 Å². The third-order valence-corrected chi connectivity index (χ3v) is 5.93. The van der Waals surface area contributed by atoms with E-state index in [1.165, 1.54) is 24.1 Å². The highest BCUT2D eigenvalue weighted by atomic mass is 32.2. The van der Waals surface area contributed by atoms with Crippen molar-refractivity contribution in [2.24, 2.45) is 0 Å². The topological polar surface area (TPSA) is 69.0 Å². The van der Waals surface area contributed by atoms with Gasteiger partial charge in [-0.3, -0.25) is 9.69 Å². The van der Waals surface area contributed by atoms with E-state index in [9.17, 15) is 9.59 Å².